The first-order valence-electron chi connectivity index (χ1n) is 5.79. The van der Waals surface area contributed by atoms with Crippen molar-refractivity contribution in [3.05, 3.63) is 0 Å². The van der Waals surface area contributed by atoms with Gasteiger partial charge in [0.15, 0.2) is 0 Å². The van der Waals surface area contributed by atoms with E-state index in [4.69, 9.17) is 0 Å². The van der Waals surface area contributed by atoms with Crippen molar-refractivity contribution in [1.82, 2.24) is 10.2 Å². The number of rotatable bonds is 3. The molecule has 1 aliphatic carbocycles. The van der Waals surface area contributed by atoms with Crippen LogP contribution in [-0.4, -0.2) is 48.2 Å². The Labute approximate surface area is 90.6 Å². The zero-order valence-electron chi connectivity index (χ0n) is 9.33. The summed E-state index contributed by atoms with van der Waals surface area (Å²) in [6.07, 6.45) is 3.98. The van der Waals surface area contributed by atoms with Crippen LogP contribution in [0.15, 0.2) is 0 Å². The lowest BCUT2D eigenvalue weighted by Crippen LogP contribution is -2.47. The predicted molar refractivity (Wildman–Crippen MR) is 57.4 cm³/mol. The fraction of sp³-hybridized carbons (Fsp3) is 0.909. The van der Waals surface area contributed by atoms with Crippen LogP contribution >= 0.6 is 0 Å². The quantitative estimate of drug-likeness (QED) is 0.690. The van der Waals surface area contributed by atoms with E-state index in [1.54, 1.807) is 11.9 Å². The van der Waals surface area contributed by atoms with Crippen molar-refractivity contribution in [2.24, 2.45) is 5.92 Å². The standard InChI is InChI=1S/C11H20N2O2/c1-13(10(14)9-3-2-4-9)8-11(15)5-6-12-7-11/h9,12,15H,2-8H2,1H3. The molecule has 1 saturated heterocycles. The molecule has 1 heterocycles. The number of likely N-dealkylation sites (N-methyl/N-ethyl adjacent to an activating group) is 1. The molecule has 1 unspecified atom stereocenters. The zero-order valence-corrected chi connectivity index (χ0v) is 9.33. The number of carbonyl (C=O) groups is 1. The Balaban J connectivity index is 1.84. The fourth-order valence-corrected chi connectivity index (χ4v) is 2.35. The highest BCUT2D eigenvalue weighted by atomic mass is 16.3. The smallest absolute Gasteiger partial charge is 0.225 e. The number of nitrogens with zero attached hydrogens (tertiary/aromatic N) is 1. The van der Waals surface area contributed by atoms with E-state index in [0.717, 1.165) is 25.8 Å². The van der Waals surface area contributed by atoms with Crippen molar-refractivity contribution >= 4 is 5.91 Å². The maximum absolute atomic E-state index is 11.8. The molecule has 86 valence electrons. The van der Waals surface area contributed by atoms with Crippen LogP contribution in [0.5, 0.6) is 0 Å². The zero-order chi connectivity index (χ0) is 10.9. The second kappa shape index (κ2) is 4.10. The molecular weight excluding hydrogens is 192 g/mol. The predicted octanol–water partition coefficient (Wildman–Crippen LogP) is -0.0307. The van der Waals surface area contributed by atoms with Gasteiger partial charge in [0, 0.05) is 19.5 Å². The van der Waals surface area contributed by atoms with Gasteiger partial charge >= 0.3 is 0 Å². The van der Waals surface area contributed by atoms with E-state index in [1.807, 2.05) is 0 Å². The lowest BCUT2D eigenvalue weighted by atomic mass is 9.84. The molecule has 1 atom stereocenters. The van der Waals surface area contributed by atoms with Gasteiger partial charge in [0.1, 0.15) is 0 Å². The van der Waals surface area contributed by atoms with Gasteiger partial charge in [-0.05, 0) is 25.8 Å². The molecule has 2 N–H and O–H groups in total. The summed E-state index contributed by atoms with van der Waals surface area (Å²) in [5.41, 5.74) is -0.700. The lowest BCUT2D eigenvalue weighted by Gasteiger charge is -2.33. The summed E-state index contributed by atoms with van der Waals surface area (Å²) in [7, 11) is 1.80. The summed E-state index contributed by atoms with van der Waals surface area (Å²) < 4.78 is 0. The van der Waals surface area contributed by atoms with Crippen LogP contribution < -0.4 is 5.32 Å². The summed E-state index contributed by atoms with van der Waals surface area (Å²) in [6.45, 7) is 1.92. The van der Waals surface area contributed by atoms with Crippen molar-refractivity contribution in [3.63, 3.8) is 0 Å². The number of aliphatic hydroxyl groups is 1. The summed E-state index contributed by atoms with van der Waals surface area (Å²) in [6, 6.07) is 0. The van der Waals surface area contributed by atoms with E-state index in [9.17, 15) is 9.90 Å². The number of carbonyl (C=O) groups excluding carboxylic acids is 1. The third kappa shape index (κ3) is 2.32. The number of β-amino-alcohol motifs (C(OH)–C–C–N with tert-alkyl or cyclic N) is 1. The van der Waals surface area contributed by atoms with E-state index in [2.05, 4.69) is 5.32 Å². The molecule has 2 fully saturated rings. The molecule has 4 heteroatoms. The number of amides is 1. The van der Waals surface area contributed by atoms with Gasteiger partial charge in [0.25, 0.3) is 0 Å². The van der Waals surface area contributed by atoms with Crippen LogP contribution in [0.3, 0.4) is 0 Å². The molecule has 0 aromatic heterocycles. The molecule has 15 heavy (non-hydrogen) atoms. The largest absolute Gasteiger partial charge is 0.387 e. The molecule has 1 aliphatic heterocycles. The summed E-state index contributed by atoms with van der Waals surface area (Å²) in [5.74, 6) is 0.439. The van der Waals surface area contributed by atoms with Crippen molar-refractivity contribution in [1.29, 1.82) is 0 Å². The molecule has 2 aliphatic rings. The van der Waals surface area contributed by atoms with E-state index in [-0.39, 0.29) is 11.8 Å². The molecule has 1 saturated carbocycles. The summed E-state index contributed by atoms with van der Waals surface area (Å²) in [5, 5.41) is 13.3. The van der Waals surface area contributed by atoms with E-state index in [0.29, 0.717) is 13.1 Å². The second-order valence-corrected chi connectivity index (χ2v) is 4.97. The van der Waals surface area contributed by atoms with Gasteiger partial charge in [-0.3, -0.25) is 4.79 Å². The lowest BCUT2D eigenvalue weighted by molar-refractivity contribution is -0.139. The maximum atomic E-state index is 11.8. The highest BCUT2D eigenvalue weighted by molar-refractivity contribution is 5.79. The number of hydrogen-bond acceptors (Lipinski definition) is 3. The molecule has 0 radical (unpaired) electrons. The van der Waals surface area contributed by atoms with Crippen LogP contribution in [-0.2, 0) is 4.79 Å². The van der Waals surface area contributed by atoms with Crippen LogP contribution in [0.4, 0.5) is 0 Å². The molecular formula is C11H20N2O2. The van der Waals surface area contributed by atoms with Gasteiger partial charge < -0.3 is 15.3 Å². The number of nitrogens with one attached hydrogen (secondary N) is 1. The van der Waals surface area contributed by atoms with Gasteiger partial charge in [-0.2, -0.15) is 0 Å². The maximum Gasteiger partial charge on any atom is 0.225 e. The van der Waals surface area contributed by atoms with Crippen molar-refractivity contribution in [2.75, 3.05) is 26.7 Å². The molecule has 4 nitrogen and oxygen atoms in total. The molecule has 2 rings (SSSR count). The first kappa shape index (κ1) is 10.9. The Morgan fingerprint density at radius 3 is 2.80 bits per heavy atom. The Morgan fingerprint density at radius 1 is 1.60 bits per heavy atom. The van der Waals surface area contributed by atoms with Crippen LogP contribution in [0, 0.1) is 5.92 Å². The van der Waals surface area contributed by atoms with E-state index >= 15 is 0 Å². The third-order valence-electron chi connectivity index (χ3n) is 3.58. The first-order chi connectivity index (χ1) is 7.11. The van der Waals surface area contributed by atoms with Gasteiger partial charge in [-0.25, -0.2) is 0 Å². The SMILES string of the molecule is CN(CC1(O)CCNC1)C(=O)C1CCC1. The van der Waals surface area contributed by atoms with Crippen LogP contribution in [0.25, 0.3) is 0 Å². The van der Waals surface area contributed by atoms with E-state index < -0.39 is 5.60 Å². The number of hydrogen-bond donors (Lipinski definition) is 2. The third-order valence-corrected chi connectivity index (χ3v) is 3.58. The minimum atomic E-state index is -0.700. The van der Waals surface area contributed by atoms with Gasteiger partial charge in [-0.1, -0.05) is 6.42 Å². The average Bonchev–Trinajstić information content (AvgIpc) is 2.48. The average molecular weight is 212 g/mol. The Morgan fingerprint density at radius 2 is 2.33 bits per heavy atom. The molecule has 0 bridgehead atoms. The minimum absolute atomic E-state index is 0.210. The highest BCUT2D eigenvalue weighted by Crippen LogP contribution is 2.28. The minimum Gasteiger partial charge on any atom is -0.387 e. The Kier molecular flexibility index (Phi) is 2.98. The Bertz CT molecular complexity index is 245. The highest BCUT2D eigenvalue weighted by Gasteiger charge is 2.35. The van der Waals surface area contributed by atoms with Crippen LogP contribution in [0.1, 0.15) is 25.7 Å². The molecule has 0 aromatic carbocycles. The van der Waals surface area contributed by atoms with Crippen molar-refractivity contribution in [3.8, 4) is 0 Å². The van der Waals surface area contributed by atoms with Crippen LogP contribution in [0.2, 0.25) is 0 Å². The topological polar surface area (TPSA) is 52.6 Å². The van der Waals surface area contributed by atoms with Gasteiger partial charge in [0.2, 0.25) is 5.91 Å². The molecule has 1 amide bonds. The molecule has 0 aromatic rings. The van der Waals surface area contributed by atoms with Gasteiger partial charge in [-0.15, -0.1) is 0 Å². The van der Waals surface area contributed by atoms with E-state index in [1.165, 1.54) is 6.42 Å². The summed E-state index contributed by atoms with van der Waals surface area (Å²) in [4.78, 5) is 13.6. The summed E-state index contributed by atoms with van der Waals surface area (Å²) >= 11 is 0. The second-order valence-electron chi connectivity index (χ2n) is 4.97. The molecule has 0 spiro atoms. The normalized spacial score (nSPS) is 31.3. The first-order valence-corrected chi connectivity index (χ1v) is 5.79. The monoisotopic (exact) mass is 212 g/mol. The Hall–Kier alpha value is -0.610. The van der Waals surface area contributed by atoms with Crippen molar-refractivity contribution in [2.45, 2.75) is 31.3 Å². The fourth-order valence-electron chi connectivity index (χ4n) is 2.35. The van der Waals surface area contributed by atoms with Crippen molar-refractivity contribution < 1.29 is 9.90 Å². The van der Waals surface area contributed by atoms with Gasteiger partial charge in [0.05, 0.1) is 12.1 Å².